The van der Waals surface area contributed by atoms with E-state index in [1.807, 2.05) is 18.2 Å². The fourth-order valence-electron chi connectivity index (χ4n) is 3.24. The van der Waals surface area contributed by atoms with E-state index in [-0.39, 0.29) is 0 Å². The van der Waals surface area contributed by atoms with E-state index in [2.05, 4.69) is 24.8 Å². The van der Waals surface area contributed by atoms with Crippen LogP contribution in [0.4, 0.5) is 0 Å². The van der Waals surface area contributed by atoms with Crippen molar-refractivity contribution in [3.05, 3.63) is 59.7 Å². The standard InChI is InChI=1S/C20H26N2O3S/c1-17-14-18(2)16-19(15-17)25-13-12-21-8-10-22(11-9-21)26(23,24)20-6-4-3-5-7-20/h3-7,14-16H,8-13H2,1-2H3. The number of ether oxygens (including phenoxy) is 1. The molecule has 0 radical (unpaired) electrons. The molecule has 6 heteroatoms. The molecular formula is C20H26N2O3S. The number of piperazine rings is 1. The highest BCUT2D eigenvalue weighted by molar-refractivity contribution is 7.89. The third-order valence-electron chi connectivity index (χ3n) is 4.58. The number of sulfonamides is 1. The summed E-state index contributed by atoms with van der Waals surface area (Å²) in [5, 5.41) is 0. The van der Waals surface area contributed by atoms with Crippen LogP contribution in [0.25, 0.3) is 0 Å². The molecule has 1 aliphatic rings. The normalized spacial score (nSPS) is 16.5. The zero-order valence-corrected chi connectivity index (χ0v) is 16.2. The Kier molecular flexibility index (Phi) is 5.96. The molecule has 2 aromatic rings. The van der Waals surface area contributed by atoms with Gasteiger partial charge < -0.3 is 4.74 Å². The predicted octanol–water partition coefficient (Wildman–Crippen LogP) is 2.69. The molecule has 140 valence electrons. The Hall–Kier alpha value is -1.89. The molecule has 5 nitrogen and oxygen atoms in total. The number of hydrogen-bond acceptors (Lipinski definition) is 4. The summed E-state index contributed by atoms with van der Waals surface area (Å²) >= 11 is 0. The minimum Gasteiger partial charge on any atom is -0.492 e. The first-order chi connectivity index (χ1) is 12.4. The van der Waals surface area contributed by atoms with E-state index in [1.165, 1.54) is 11.1 Å². The summed E-state index contributed by atoms with van der Waals surface area (Å²) in [6, 6.07) is 14.8. The van der Waals surface area contributed by atoms with Gasteiger partial charge in [0.25, 0.3) is 0 Å². The number of aryl methyl sites for hydroxylation is 2. The third kappa shape index (κ3) is 4.63. The first-order valence-corrected chi connectivity index (χ1v) is 10.4. The summed E-state index contributed by atoms with van der Waals surface area (Å²) in [5.41, 5.74) is 2.39. The SMILES string of the molecule is Cc1cc(C)cc(OCCN2CCN(S(=O)(=O)c3ccccc3)CC2)c1. The Morgan fingerprint density at radius 1 is 0.923 bits per heavy atom. The number of hydrogen-bond donors (Lipinski definition) is 0. The molecule has 0 saturated carbocycles. The lowest BCUT2D eigenvalue weighted by molar-refractivity contribution is 0.159. The second-order valence-electron chi connectivity index (χ2n) is 6.73. The van der Waals surface area contributed by atoms with Crippen LogP contribution >= 0.6 is 0 Å². The lowest BCUT2D eigenvalue weighted by atomic mass is 10.1. The number of benzene rings is 2. The molecule has 0 aliphatic carbocycles. The lowest BCUT2D eigenvalue weighted by Crippen LogP contribution is -2.49. The molecule has 1 aliphatic heterocycles. The molecule has 0 unspecified atom stereocenters. The molecule has 1 heterocycles. The summed E-state index contributed by atoms with van der Waals surface area (Å²) in [4.78, 5) is 2.62. The van der Waals surface area contributed by atoms with Crippen LogP contribution < -0.4 is 4.74 Å². The van der Waals surface area contributed by atoms with E-state index >= 15 is 0 Å². The smallest absolute Gasteiger partial charge is 0.243 e. The molecule has 0 aromatic heterocycles. The summed E-state index contributed by atoms with van der Waals surface area (Å²) < 4.78 is 32.7. The molecule has 2 aromatic carbocycles. The van der Waals surface area contributed by atoms with Gasteiger partial charge in [0.1, 0.15) is 12.4 Å². The van der Waals surface area contributed by atoms with Gasteiger partial charge in [-0.1, -0.05) is 24.3 Å². The van der Waals surface area contributed by atoms with Crippen molar-refractivity contribution in [2.45, 2.75) is 18.7 Å². The molecule has 0 N–H and O–H groups in total. The highest BCUT2D eigenvalue weighted by Gasteiger charge is 2.28. The van der Waals surface area contributed by atoms with Crippen molar-refractivity contribution in [1.82, 2.24) is 9.21 Å². The zero-order valence-electron chi connectivity index (χ0n) is 15.4. The average Bonchev–Trinajstić information content (AvgIpc) is 2.62. The second kappa shape index (κ2) is 8.20. The van der Waals surface area contributed by atoms with Gasteiger partial charge in [-0.2, -0.15) is 4.31 Å². The quantitative estimate of drug-likeness (QED) is 0.780. The van der Waals surface area contributed by atoms with E-state index < -0.39 is 10.0 Å². The summed E-state index contributed by atoms with van der Waals surface area (Å²) in [6.45, 7) is 8.01. The van der Waals surface area contributed by atoms with Crippen LogP contribution in [0.1, 0.15) is 11.1 Å². The minimum absolute atomic E-state index is 0.367. The van der Waals surface area contributed by atoms with Crippen LogP contribution in [-0.4, -0.2) is 57.0 Å². The molecule has 0 amide bonds. The summed E-state index contributed by atoms with van der Waals surface area (Å²) in [7, 11) is -3.38. The van der Waals surface area contributed by atoms with Crippen molar-refractivity contribution in [2.75, 3.05) is 39.3 Å². The molecule has 0 spiro atoms. The lowest BCUT2D eigenvalue weighted by Gasteiger charge is -2.33. The van der Waals surface area contributed by atoms with Crippen molar-refractivity contribution in [1.29, 1.82) is 0 Å². The van der Waals surface area contributed by atoms with Crippen molar-refractivity contribution in [3.63, 3.8) is 0 Å². The molecular weight excluding hydrogens is 348 g/mol. The zero-order chi connectivity index (χ0) is 18.6. The van der Waals surface area contributed by atoms with Crippen LogP contribution in [-0.2, 0) is 10.0 Å². The molecule has 1 saturated heterocycles. The van der Waals surface area contributed by atoms with Crippen LogP contribution in [0.15, 0.2) is 53.4 Å². The fourth-order valence-corrected chi connectivity index (χ4v) is 4.69. The maximum Gasteiger partial charge on any atom is 0.243 e. The van der Waals surface area contributed by atoms with Gasteiger partial charge in [-0.15, -0.1) is 0 Å². The average molecular weight is 375 g/mol. The third-order valence-corrected chi connectivity index (χ3v) is 6.50. The minimum atomic E-state index is -3.38. The Labute approximate surface area is 156 Å². The van der Waals surface area contributed by atoms with Gasteiger partial charge in [0, 0.05) is 32.7 Å². The highest BCUT2D eigenvalue weighted by atomic mass is 32.2. The van der Waals surface area contributed by atoms with Crippen molar-refractivity contribution >= 4 is 10.0 Å². The van der Waals surface area contributed by atoms with E-state index in [9.17, 15) is 8.42 Å². The van der Waals surface area contributed by atoms with Gasteiger partial charge in [0.15, 0.2) is 0 Å². The largest absolute Gasteiger partial charge is 0.492 e. The molecule has 0 bridgehead atoms. The van der Waals surface area contributed by atoms with Gasteiger partial charge in [0.05, 0.1) is 4.90 Å². The first-order valence-electron chi connectivity index (χ1n) is 8.94. The van der Waals surface area contributed by atoms with Gasteiger partial charge in [-0.3, -0.25) is 4.90 Å². The maximum absolute atomic E-state index is 12.6. The van der Waals surface area contributed by atoms with Crippen molar-refractivity contribution in [3.8, 4) is 5.75 Å². The second-order valence-corrected chi connectivity index (χ2v) is 8.67. The molecule has 0 atom stereocenters. The van der Waals surface area contributed by atoms with Gasteiger partial charge in [0.2, 0.25) is 10.0 Å². The summed E-state index contributed by atoms with van der Waals surface area (Å²) in [6.07, 6.45) is 0. The Bertz CT molecular complexity index is 809. The maximum atomic E-state index is 12.6. The van der Waals surface area contributed by atoms with Crippen LogP contribution in [0.3, 0.4) is 0 Å². The molecule has 3 rings (SSSR count). The Morgan fingerprint density at radius 2 is 1.54 bits per heavy atom. The fraction of sp³-hybridized carbons (Fsp3) is 0.400. The first kappa shape index (κ1) is 18.9. The van der Waals surface area contributed by atoms with Crippen LogP contribution in [0, 0.1) is 13.8 Å². The van der Waals surface area contributed by atoms with Crippen LogP contribution in [0.2, 0.25) is 0 Å². The molecule has 1 fully saturated rings. The van der Waals surface area contributed by atoms with E-state index in [4.69, 9.17) is 4.74 Å². The van der Waals surface area contributed by atoms with E-state index in [0.29, 0.717) is 24.6 Å². The monoisotopic (exact) mass is 374 g/mol. The van der Waals surface area contributed by atoms with Gasteiger partial charge >= 0.3 is 0 Å². The Morgan fingerprint density at radius 3 is 2.15 bits per heavy atom. The van der Waals surface area contributed by atoms with E-state index in [0.717, 1.165) is 25.4 Å². The van der Waals surface area contributed by atoms with Gasteiger partial charge in [-0.25, -0.2) is 8.42 Å². The van der Waals surface area contributed by atoms with Gasteiger partial charge in [-0.05, 0) is 49.2 Å². The van der Waals surface area contributed by atoms with Crippen LogP contribution in [0.5, 0.6) is 5.75 Å². The molecule has 26 heavy (non-hydrogen) atoms. The number of nitrogens with zero attached hydrogens (tertiary/aromatic N) is 2. The summed E-state index contributed by atoms with van der Waals surface area (Å²) in [5.74, 6) is 0.896. The topological polar surface area (TPSA) is 49.9 Å². The Balaban J connectivity index is 1.48. The predicted molar refractivity (Wildman–Crippen MR) is 103 cm³/mol. The van der Waals surface area contributed by atoms with E-state index in [1.54, 1.807) is 28.6 Å². The van der Waals surface area contributed by atoms with Crippen molar-refractivity contribution < 1.29 is 13.2 Å². The number of rotatable bonds is 6. The highest BCUT2D eigenvalue weighted by Crippen LogP contribution is 2.18. The van der Waals surface area contributed by atoms with Crippen molar-refractivity contribution in [2.24, 2.45) is 0 Å².